The number of hydrogen-bond donors (Lipinski definition) is 1. The SMILES string of the molecule is Cc1ncc(CSc2ccc(CNC(C)(C)C)cc2)s1. The molecule has 0 aliphatic carbocycles. The van der Waals surface area contributed by atoms with E-state index in [0.717, 1.165) is 17.3 Å². The fourth-order valence-electron chi connectivity index (χ4n) is 1.70. The number of nitrogens with zero attached hydrogens (tertiary/aromatic N) is 1. The van der Waals surface area contributed by atoms with E-state index in [-0.39, 0.29) is 5.54 Å². The van der Waals surface area contributed by atoms with Crippen LogP contribution in [0, 0.1) is 6.92 Å². The highest BCUT2D eigenvalue weighted by atomic mass is 32.2. The molecule has 1 N–H and O–H groups in total. The first-order chi connectivity index (χ1) is 9.42. The predicted molar refractivity (Wildman–Crippen MR) is 89.4 cm³/mol. The summed E-state index contributed by atoms with van der Waals surface area (Å²) in [5.41, 5.74) is 1.50. The Kier molecular flexibility index (Phi) is 5.24. The van der Waals surface area contributed by atoms with Gasteiger partial charge in [-0.05, 0) is 45.4 Å². The van der Waals surface area contributed by atoms with Crippen LogP contribution in [0.4, 0.5) is 0 Å². The summed E-state index contributed by atoms with van der Waals surface area (Å²) >= 11 is 3.65. The molecule has 0 unspecified atom stereocenters. The van der Waals surface area contributed by atoms with Gasteiger partial charge < -0.3 is 5.32 Å². The molecule has 1 heterocycles. The van der Waals surface area contributed by atoms with Gasteiger partial charge in [0.1, 0.15) is 0 Å². The molecule has 1 aromatic carbocycles. The molecule has 0 aliphatic rings. The van der Waals surface area contributed by atoms with Gasteiger partial charge in [0.2, 0.25) is 0 Å². The molecule has 20 heavy (non-hydrogen) atoms. The molecule has 2 nitrogen and oxygen atoms in total. The largest absolute Gasteiger partial charge is 0.308 e. The van der Waals surface area contributed by atoms with Crippen LogP contribution in [0.15, 0.2) is 35.4 Å². The lowest BCUT2D eigenvalue weighted by Crippen LogP contribution is -2.35. The first-order valence-electron chi connectivity index (χ1n) is 6.80. The zero-order valence-electron chi connectivity index (χ0n) is 12.6. The fourth-order valence-corrected chi connectivity index (χ4v) is 3.41. The Bertz CT molecular complexity index is 538. The standard InChI is InChI=1S/C16H22N2S2/c1-12-17-10-15(20-12)11-19-14-7-5-13(6-8-14)9-18-16(2,3)4/h5-8,10,18H,9,11H2,1-4H3. The van der Waals surface area contributed by atoms with Crippen LogP contribution in [-0.4, -0.2) is 10.5 Å². The Morgan fingerprint density at radius 1 is 1.20 bits per heavy atom. The summed E-state index contributed by atoms with van der Waals surface area (Å²) in [5.74, 6) is 1.01. The number of hydrogen-bond acceptors (Lipinski definition) is 4. The van der Waals surface area contributed by atoms with Gasteiger partial charge in [0, 0.05) is 33.8 Å². The van der Waals surface area contributed by atoms with Crippen molar-refractivity contribution in [3.8, 4) is 0 Å². The van der Waals surface area contributed by atoms with Crippen LogP contribution in [-0.2, 0) is 12.3 Å². The molecule has 2 rings (SSSR count). The molecule has 0 spiro atoms. The van der Waals surface area contributed by atoms with Crippen molar-refractivity contribution in [2.24, 2.45) is 0 Å². The van der Waals surface area contributed by atoms with Crippen LogP contribution < -0.4 is 5.32 Å². The van der Waals surface area contributed by atoms with Crippen LogP contribution in [0.5, 0.6) is 0 Å². The Labute approximate surface area is 130 Å². The molecular weight excluding hydrogens is 284 g/mol. The van der Waals surface area contributed by atoms with Crippen molar-refractivity contribution in [3.05, 3.63) is 45.9 Å². The van der Waals surface area contributed by atoms with Crippen molar-refractivity contribution in [1.29, 1.82) is 0 Å². The number of thiazole rings is 1. The van der Waals surface area contributed by atoms with E-state index in [4.69, 9.17) is 0 Å². The summed E-state index contributed by atoms with van der Waals surface area (Å²) in [7, 11) is 0. The lowest BCUT2D eigenvalue weighted by molar-refractivity contribution is 0.424. The molecule has 0 fully saturated rings. The minimum atomic E-state index is 0.164. The van der Waals surface area contributed by atoms with Crippen LogP contribution in [0.1, 0.15) is 36.2 Å². The molecule has 0 aliphatic heterocycles. The zero-order chi connectivity index (χ0) is 14.6. The van der Waals surface area contributed by atoms with Gasteiger partial charge in [-0.15, -0.1) is 23.1 Å². The third-order valence-electron chi connectivity index (χ3n) is 2.80. The molecule has 1 aromatic heterocycles. The van der Waals surface area contributed by atoms with E-state index >= 15 is 0 Å². The van der Waals surface area contributed by atoms with E-state index in [1.165, 1.54) is 15.3 Å². The molecule has 0 radical (unpaired) electrons. The lowest BCUT2D eigenvalue weighted by atomic mass is 10.1. The fraction of sp³-hybridized carbons (Fsp3) is 0.438. The molecule has 4 heteroatoms. The van der Waals surface area contributed by atoms with Gasteiger partial charge in [-0.3, -0.25) is 0 Å². The summed E-state index contributed by atoms with van der Waals surface area (Å²) in [5, 5.41) is 4.65. The van der Waals surface area contributed by atoms with E-state index in [1.54, 1.807) is 11.3 Å². The average Bonchev–Trinajstić information content (AvgIpc) is 2.80. The Hall–Kier alpha value is -0.840. The highest BCUT2D eigenvalue weighted by Gasteiger charge is 2.08. The molecule has 0 saturated carbocycles. The molecule has 108 valence electrons. The number of thioether (sulfide) groups is 1. The highest BCUT2D eigenvalue weighted by Crippen LogP contribution is 2.25. The molecule has 0 bridgehead atoms. The second-order valence-electron chi connectivity index (χ2n) is 5.88. The number of rotatable bonds is 5. The second-order valence-corrected chi connectivity index (χ2v) is 8.25. The van der Waals surface area contributed by atoms with Crippen LogP contribution in [0.25, 0.3) is 0 Å². The third-order valence-corrected chi connectivity index (χ3v) is 4.95. The van der Waals surface area contributed by atoms with Crippen LogP contribution in [0.3, 0.4) is 0 Å². The first kappa shape index (κ1) is 15.5. The normalized spacial score (nSPS) is 11.8. The second kappa shape index (κ2) is 6.74. The van der Waals surface area contributed by atoms with Gasteiger partial charge in [-0.25, -0.2) is 4.98 Å². The van der Waals surface area contributed by atoms with Gasteiger partial charge >= 0.3 is 0 Å². The Morgan fingerprint density at radius 3 is 2.45 bits per heavy atom. The van der Waals surface area contributed by atoms with Gasteiger partial charge in [0.25, 0.3) is 0 Å². The third kappa shape index (κ3) is 5.27. The molecular formula is C16H22N2S2. The first-order valence-corrected chi connectivity index (χ1v) is 8.61. The Morgan fingerprint density at radius 2 is 1.90 bits per heavy atom. The van der Waals surface area contributed by atoms with E-state index < -0.39 is 0 Å². The summed E-state index contributed by atoms with van der Waals surface area (Å²) < 4.78 is 0. The molecule has 0 amide bonds. The maximum Gasteiger partial charge on any atom is 0.0897 e. The van der Waals surface area contributed by atoms with Gasteiger partial charge in [-0.1, -0.05) is 12.1 Å². The van der Waals surface area contributed by atoms with Gasteiger partial charge in [0.15, 0.2) is 0 Å². The highest BCUT2D eigenvalue weighted by molar-refractivity contribution is 7.98. The van der Waals surface area contributed by atoms with Crippen molar-refractivity contribution in [1.82, 2.24) is 10.3 Å². The Balaban J connectivity index is 1.85. The van der Waals surface area contributed by atoms with E-state index in [1.807, 2.05) is 18.0 Å². The van der Waals surface area contributed by atoms with Crippen molar-refractivity contribution >= 4 is 23.1 Å². The lowest BCUT2D eigenvalue weighted by Gasteiger charge is -2.20. The zero-order valence-corrected chi connectivity index (χ0v) is 14.2. The topological polar surface area (TPSA) is 24.9 Å². The number of aromatic nitrogens is 1. The molecule has 0 saturated heterocycles. The smallest absolute Gasteiger partial charge is 0.0897 e. The van der Waals surface area contributed by atoms with Gasteiger partial charge in [-0.2, -0.15) is 0 Å². The summed E-state index contributed by atoms with van der Waals surface area (Å²) in [6, 6.07) is 8.83. The van der Waals surface area contributed by atoms with Crippen LogP contribution in [0.2, 0.25) is 0 Å². The number of aryl methyl sites for hydroxylation is 1. The van der Waals surface area contributed by atoms with Crippen molar-refractivity contribution in [2.45, 2.75) is 50.4 Å². The van der Waals surface area contributed by atoms with Crippen molar-refractivity contribution in [2.75, 3.05) is 0 Å². The van der Waals surface area contributed by atoms with Crippen molar-refractivity contribution < 1.29 is 0 Å². The maximum absolute atomic E-state index is 4.29. The molecule has 2 aromatic rings. The van der Waals surface area contributed by atoms with E-state index in [0.29, 0.717) is 0 Å². The number of benzene rings is 1. The van der Waals surface area contributed by atoms with E-state index in [9.17, 15) is 0 Å². The van der Waals surface area contributed by atoms with Crippen LogP contribution >= 0.6 is 23.1 Å². The summed E-state index contributed by atoms with van der Waals surface area (Å²) in [6.45, 7) is 9.54. The molecule has 0 atom stereocenters. The quantitative estimate of drug-likeness (QED) is 0.815. The minimum Gasteiger partial charge on any atom is -0.308 e. The maximum atomic E-state index is 4.29. The van der Waals surface area contributed by atoms with E-state index in [2.05, 4.69) is 62.3 Å². The minimum absolute atomic E-state index is 0.164. The van der Waals surface area contributed by atoms with Crippen molar-refractivity contribution in [3.63, 3.8) is 0 Å². The predicted octanol–water partition coefficient (Wildman–Crippen LogP) is 4.63. The number of nitrogens with one attached hydrogen (secondary N) is 1. The summed E-state index contributed by atoms with van der Waals surface area (Å²) in [6.07, 6.45) is 1.98. The summed E-state index contributed by atoms with van der Waals surface area (Å²) in [4.78, 5) is 6.94. The average molecular weight is 306 g/mol. The monoisotopic (exact) mass is 306 g/mol. The van der Waals surface area contributed by atoms with Gasteiger partial charge in [0.05, 0.1) is 5.01 Å².